The van der Waals surface area contributed by atoms with E-state index in [0.29, 0.717) is 19.6 Å². The number of nitrogens with zero attached hydrogens (tertiary/aromatic N) is 3. The summed E-state index contributed by atoms with van der Waals surface area (Å²) in [6.45, 7) is 5.91. The molecule has 1 aromatic heterocycles. The summed E-state index contributed by atoms with van der Waals surface area (Å²) in [6.07, 6.45) is 1.77. The van der Waals surface area contributed by atoms with Crippen LogP contribution >= 0.6 is 0 Å². The fourth-order valence-corrected chi connectivity index (χ4v) is 3.24. The van der Waals surface area contributed by atoms with Crippen LogP contribution in [0.15, 0.2) is 30.6 Å². The van der Waals surface area contributed by atoms with Crippen LogP contribution in [0.1, 0.15) is 36.7 Å². The van der Waals surface area contributed by atoms with Crippen molar-refractivity contribution >= 4 is 5.91 Å². The topological polar surface area (TPSA) is 50.2 Å². The number of halogens is 1. The Morgan fingerprint density at radius 2 is 2.08 bits per heavy atom. The molecule has 24 heavy (non-hydrogen) atoms. The molecule has 1 aliphatic heterocycles. The maximum absolute atomic E-state index is 13.1. The summed E-state index contributed by atoms with van der Waals surface area (Å²) in [6, 6.07) is 6.60. The van der Waals surface area contributed by atoms with E-state index in [4.69, 9.17) is 0 Å². The van der Waals surface area contributed by atoms with Crippen LogP contribution in [0, 0.1) is 5.82 Å². The van der Waals surface area contributed by atoms with Gasteiger partial charge in [-0.25, -0.2) is 9.37 Å². The average molecular weight is 330 g/mol. The van der Waals surface area contributed by atoms with Gasteiger partial charge in [-0.05, 0) is 31.5 Å². The molecule has 0 bridgehead atoms. The monoisotopic (exact) mass is 330 g/mol. The number of nitrogens with one attached hydrogen (secondary N) is 1. The maximum Gasteiger partial charge on any atom is 0.230 e. The number of aryl methyl sites for hydroxylation is 1. The highest BCUT2D eigenvalue weighted by Crippen LogP contribution is 2.28. The predicted molar refractivity (Wildman–Crippen MR) is 89.7 cm³/mol. The van der Waals surface area contributed by atoms with Gasteiger partial charge in [0, 0.05) is 32.7 Å². The second-order valence-electron chi connectivity index (χ2n) is 6.70. The van der Waals surface area contributed by atoms with Gasteiger partial charge in [-0.15, -0.1) is 0 Å². The maximum atomic E-state index is 13.1. The van der Waals surface area contributed by atoms with Crippen molar-refractivity contribution in [3.05, 3.63) is 53.4 Å². The molecular formula is C18H23FN4O. The predicted octanol–water partition coefficient (Wildman–Crippen LogP) is 2.18. The zero-order valence-corrected chi connectivity index (χ0v) is 14.3. The van der Waals surface area contributed by atoms with E-state index in [1.165, 1.54) is 12.1 Å². The van der Waals surface area contributed by atoms with Crippen LogP contribution in [0.4, 0.5) is 4.39 Å². The van der Waals surface area contributed by atoms with Gasteiger partial charge in [-0.3, -0.25) is 9.69 Å². The molecule has 0 unspecified atom stereocenters. The summed E-state index contributed by atoms with van der Waals surface area (Å²) in [4.78, 5) is 19.3. The van der Waals surface area contributed by atoms with Gasteiger partial charge in [-0.1, -0.05) is 12.1 Å². The number of hydrogen-bond acceptors (Lipinski definition) is 3. The molecule has 1 N–H and O–H groups in total. The molecule has 3 rings (SSSR count). The molecule has 1 aromatic carbocycles. The van der Waals surface area contributed by atoms with E-state index in [1.807, 2.05) is 25.5 Å². The van der Waals surface area contributed by atoms with Gasteiger partial charge >= 0.3 is 0 Å². The smallest absolute Gasteiger partial charge is 0.230 e. The number of imidazole rings is 1. The van der Waals surface area contributed by atoms with Gasteiger partial charge < -0.3 is 9.88 Å². The molecule has 0 radical (unpaired) electrons. The summed E-state index contributed by atoms with van der Waals surface area (Å²) >= 11 is 0. The van der Waals surface area contributed by atoms with Crippen LogP contribution in [-0.2, 0) is 24.9 Å². The van der Waals surface area contributed by atoms with Crippen molar-refractivity contribution in [2.24, 2.45) is 7.05 Å². The first-order valence-corrected chi connectivity index (χ1v) is 8.21. The normalized spacial score (nSPS) is 17.8. The molecule has 0 fully saturated rings. The number of carbonyl (C=O) groups excluding carboxylic acids is 1. The lowest BCUT2D eigenvalue weighted by molar-refractivity contribution is -0.124. The van der Waals surface area contributed by atoms with Crippen LogP contribution in [-0.4, -0.2) is 32.9 Å². The van der Waals surface area contributed by atoms with E-state index in [2.05, 4.69) is 15.2 Å². The number of aromatic nitrogens is 2. The summed E-state index contributed by atoms with van der Waals surface area (Å²) in [5.41, 5.74) is 2.96. The standard InChI is InChI=1S/C18H23FN4O/c1-12(2)21-18(24)15-9-23(8-13-4-6-14(19)7-5-13)10-16-17(15)22(3)11-20-16/h4-7,11-12,15H,8-10H2,1-3H3,(H,21,24)/t15-/m0/s1. The lowest BCUT2D eigenvalue weighted by Gasteiger charge is -2.32. The lowest BCUT2D eigenvalue weighted by atomic mass is 9.96. The molecule has 1 aliphatic rings. The lowest BCUT2D eigenvalue weighted by Crippen LogP contribution is -2.43. The number of benzene rings is 1. The van der Waals surface area contributed by atoms with Crippen molar-refractivity contribution in [1.29, 1.82) is 0 Å². The zero-order chi connectivity index (χ0) is 17.3. The average Bonchev–Trinajstić information content (AvgIpc) is 2.89. The van der Waals surface area contributed by atoms with Crippen LogP contribution in [0.2, 0.25) is 0 Å². The molecule has 0 spiro atoms. The zero-order valence-electron chi connectivity index (χ0n) is 14.3. The first kappa shape index (κ1) is 16.6. The van der Waals surface area contributed by atoms with Gasteiger partial charge in [0.05, 0.1) is 23.6 Å². The Bertz CT molecular complexity index is 723. The first-order valence-electron chi connectivity index (χ1n) is 8.21. The molecule has 2 aromatic rings. The minimum absolute atomic E-state index is 0.0265. The van der Waals surface area contributed by atoms with Gasteiger partial charge in [0.25, 0.3) is 0 Å². The quantitative estimate of drug-likeness (QED) is 0.935. The van der Waals surface area contributed by atoms with Crippen molar-refractivity contribution in [2.45, 2.75) is 38.9 Å². The molecule has 0 aliphatic carbocycles. The number of amides is 1. The third-order valence-electron chi connectivity index (χ3n) is 4.27. The highest BCUT2D eigenvalue weighted by molar-refractivity contribution is 5.84. The van der Waals surface area contributed by atoms with Gasteiger partial charge in [0.2, 0.25) is 5.91 Å². The Labute approximate surface area is 141 Å². The Morgan fingerprint density at radius 3 is 2.75 bits per heavy atom. The van der Waals surface area contributed by atoms with Crippen LogP contribution < -0.4 is 5.32 Å². The van der Waals surface area contributed by atoms with Crippen LogP contribution in [0.5, 0.6) is 0 Å². The Kier molecular flexibility index (Phi) is 4.66. The summed E-state index contributed by atoms with van der Waals surface area (Å²) in [5.74, 6) is -0.457. The number of carbonyl (C=O) groups is 1. The van der Waals surface area contributed by atoms with Crippen molar-refractivity contribution in [3.8, 4) is 0 Å². The van der Waals surface area contributed by atoms with Gasteiger partial charge in [-0.2, -0.15) is 0 Å². The molecule has 0 saturated carbocycles. The largest absolute Gasteiger partial charge is 0.353 e. The van der Waals surface area contributed by atoms with Crippen LogP contribution in [0.25, 0.3) is 0 Å². The number of hydrogen-bond donors (Lipinski definition) is 1. The minimum Gasteiger partial charge on any atom is -0.353 e. The highest BCUT2D eigenvalue weighted by atomic mass is 19.1. The second kappa shape index (κ2) is 6.73. The Balaban J connectivity index is 1.82. The fourth-order valence-electron chi connectivity index (χ4n) is 3.24. The minimum atomic E-state index is -0.246. The van der Waals surface area contributed by atoms with Crippen molar-refractivity contribution in [1.82, 2.24) is 19.8 Å². The van der Waals surface area contributed by atoms with E-state index >= 15 is 0 Å². The van der Waals surface area contributed by atoms with Crippen molar-refractivity contribution in [2.75, 3.05) is 6.54 Å². The molecule has 2 heterocycles. The fraction of sp³-hybridized carbons (Fsp3) is 0.444. The highest BCUT2D eigenvalue weighted by Gasteiger charge is 2.33. The SMILES string of the molecule is CC(C)NC(=O)[C@H]1CN(Cc2ccc(F)cc2)Cc2ncn(C)c21. The Hall–Kier alpha value is -2.21. The first-order chi connectivity index (χ1) is 11.4. The molecule has 6 heteroatoms. The van der Waals surface area contributed by atoms with E-state index in [1.54, 1.807) is 18.5 Å². The van der Waals surface area contributed by atoms with E-state index in [0.717, 1.165) is 17.0 Å². The van der Waals surface area contributed by atoms with Gasteiger partial charge in [0.15, 0.2) is 0 Å². The van der Waals surface area contributed by atoms with E-state index in [9.17, 15) is 9.18 Å². The molecule has 0 saturated heterocycles. The number of fused-ring (bicyclic) bond motifs is 1. The Morgan fingerprint density at radius 1 is 1.38 bits per heavy atom. The van der Waals surface area contributed by atoms with E-state index < -0.39 is 0 Å². The second-order valence-corrected chi connectivity index (χ2v) is 6.70. The van der Waals surface area contributed by atoms with Crippen molar-refractivity contribution < 1.29 is 9.18 Å². The third kappa shape index (κ3) is 3.48. The molecule has 128 valence electrons. The summed E-state index contributed by atoms with van der Waals surface area (Å²) in [5, 5.41) is 3.01. The molecular weight excluding hydrogens is 307 g/mol. The van der Waals surface area contributed by atoms with Crippen LogP contribution in [0.3, 0.4) is 0 Å². The molecule has 5 nitrogen and oxygen atoms in total. The number of rotatable bonds is 4. The summed E-state index contributed by atoms with van der Waals surface area (Å²) < 4.78 is 15.0. The molecule has 1 atom stereocenters. The van der Waals surface area contributed by atoms with Gasteiger partial charge in [0.1, 0.15) is 5.82 Å². The summed E-state index contributed by atoms with van der Waals surface area (Å²) in [7, 11) is 1.93. The van der Waals surface area contributed by atoms with Crippen molar-refractivity contribution in [3.63, 3.8) is 0 Å². The molecule has 1 amide bonds. The van der Waals surface area contributed by atoms with E-state index in [-0.39, 0.29) is 23.7 Å². The third-order valence-corrected chi connectivity index (χ3v) is 4.27.